The van der Waals surface area contributed by atoms with Crippen molar-refractivity contribution in [1.29, 1.82) is 0 Å². The van der Waals surface area contributed by atoms with Gasteiger partial charge in [0.1, 0.15) is 5.75 Å². The summed E-state index contributed by atoms with van der Waals surface area (Å²) in [4.78, 5) is 4.45. The zero-order valence-electron chi connectivity index (χ0n) is 10.8. The smallest absolute Gasteiger partial charge is 0.132 e. The topological polar surface area (TPSA) is 44.6 Å². The maximum Gasteiger partial charge on any atom is 0.132 e. The third-order valence-electron chi connectivity index (χ3n) is 3.00. The number of benzene rings is 2. The van der Waals surface area contributed by atoms with Gasteiger partial charge < -0.3 is 10.4 Å². The molecular formula is C15H18N2O. The lowest BCUT2D eigenvalue weighted by Gasteiger charge is -2.08. The van der Waals surface area contributed by atoms with Crippen LogP contribution < -0.4 is 5.32 Å². The van der Waals surface area contributed by atoms with Gasteiger partial charge in [-0.15, -0.1) is 0 Å². The number of rotatable bonds is 4. The Morgan fingerprint density at radius 3 is 2.78 bits per heavy atom. The number of aromatic hydroxyl groups is 1. The molecule has 0 saturated carbocycles. The van der Waals surface area contributed by atoms with Crippen LogP contribution in [0, 0.1) is 0 Å². The Morgan fingerprint density at radius 1 is 1.22 bits per heavy atom. The molecule has 0 heterocycles. The predicted octanol–water partition coefficient (Wildman–Crippen LogP) is 2.57. The summed E-state index contributed by atoms with van der Waals surface area (Å²) in [6, 6.07) is 11.8. The highest BCUT2D eigenvalue weighted by molar-refractivity contribution is 6.06. The lowest BCUT2D eigenvalue weighted by Crippen LogP contribution is -2.11. The number of nitrogens with one attached hydrogen (secondary N) is 1. The summed E-state index contributed by atoms with van der Waals surface area (Å²) in [6.45, 7) is 3.49. The monoisotopic (exact) mass is 242 g/mol. The van der Waals surface area contributed by atoms with Gasteiger partial charge in [0.25, 0.3) is 0 Å². The molecule has 0 radical (unpaired) electrons. The Kier molecular flexibility index (Phi) is 3.95. The molecule has 0 fully saturated rings. The lowest BCUT2D eigenvalue weighted by atomic mass is 10.0. The van der Waals surface area contributed by atoms with E-state index in [1.165, 1.54) is 0 Å². The number of nitrogens with zero attached hydrogens (tertiary/aromatic N) is 1. The average molecular weight is 242 g/mol. The van der Waals surface area contributed by atoms with Crippen molar-refractivity contribution in [3.8, 4) is 5.75 Å². The van der Waals surface area contributed by atoms with Gasteiger partial charge in [0, 0.05) is 23.2 Å². The molecule has 2 N–H and O–H groups in total. The number of phenolic OH excluding ortho intramolecular Hbond substituents is 1. The molecule has 0 saturated heterocycles. The van der Waals surface area contributed by atoms with Gasteiger partial charge >= 0.3 is 0 Å². The minimum atomic E-state index is 0.318. The van der Waals surface area contributed by atoms with Crippen LogP contribution >= 0.6 is 0 Å². The van der Waals surface area contributed by atoms with Crippen molar-refractivity contribution in [2.75, 3.05) is 20.1 Å². The highest BCUT2D eigenvalue weighted by atomic mass is 16.3. The number of hydrogen-bond acceptors (Lipinski definition) is 3. The molecule has 18 heavy (non-hydrogen) atoms. The number of phenols is 1. The molecule has 2 aromatic rings. The summed E-state index contributed by atoms with van der Waals surface area (Å²) in [7, 11) is 1.90. The quantitative estimate of drug-likeness (QED) is 0.639. The maximum atomic E-state index is 10.3. The first kappa shape index (κ1) is 12.6. The second kappa shape index (κ2) is 5.65. The van der Waals surface area contributed by atoms with E-state index in [0.717, 1.165) is 28.6 Å². The molecule has 94 valence electrons. The van der Waals surface area contributed by atoms with E-state index in [4.69, 9.17) is 0 Å². The molecule has 0 bridgehead atoms. The zero-order valence-corrected chi connectivity index (χ0v) is 10.8. The van der Waals surface area contributed by atoms with Crippen LogP contribution in [-0.4, -0.2) is 31.0 Å². The molecule has 2 aromatic carbocycles. The summed E-state index contributed by atoms with van der Waals surface area (Å²) >= 11 is 0. The van der Waals surface area contributed by atoms with Gasteiger partial charge in [0.15, 0.2) is 0 Å². The van der Waals surface area contributed by atoms with Gasteiger partial charge in [-0.05, 0) is 25.4 Å². The van der Waals surface area contributed by atoms with Crippen LogP contribution in [0.25, 0.3) is 10.8 Å². The number of fused-ring (bicyclic) bond motifs is 1. The normalized spacial score (nSPS) is 12.0. The van der Waals surface area contributed by atoms with Gasteiger partial charge in [0.2, 0.25) is 0 Å². The largest absolute Gasteiger partial charge is 0.507 e. The number of aliphatic imine (C=N–C) groups is 1. The molecule has 0 aliphatic heterocycles. The Balaban J connectivity index is 2.39. The molecule has 0 aromatic heterocycles. The van der Waals surface area contributed by atoms with Crippen LogP contribution in [-0.2, 0) is 0 Å². The van der Waals surface area contributed by atoms with E-state index in [1.54, 1.807) is 0 Å². The predicted molar refractivity (Wildman–Crippen MR) is 76.6 cm³/mol. The van der Waals surface area contributed by atoms with Crippen molar-refractivity contribution in [3.63, 3.8) is 0 Å². The molecule has 0 unspecified atom stereocenters. The molecule has 0 amide bonds. The first-order chi connectivity index (χ1) is 8.74. The van der Waals surface area contributed by atoms with Gasteiger partial charge in [-0.25, -0.2) is 0 Å². The van der Waals surface area contributed by atoms with Crippen molar-refractivity contribution in [2.24, 2.45) is 4.99 Å². The zero-order chi connectivity index (χ0) is 13.0. The molecule has 2 rings (SSSR count). The fourth-order valence-corrected chi connectivity index (χ4v) is 1.97. The number of hydrogen-bond donors (Lipinski definition) is 2. The Bertz CT molecular complexity index is 576. The summed E-state index contributed by atoms with van der Waals surface area (Å²) < 4.78 is 0. The van der Waals surface area contributed by atoms with Crippen molar-refractivity contribution in [3.05, 3.63) is 42.0 Å². The lowest BCUT2D eigenvalue weighted by molar-refractivity contribution is 0.480. The van der Waals surface area contributed by atoms with Crippen LogP contribution in [0.4, 0.5) is 0 Å². The molecule has 0 spiro atoms. The van der Waals surface area contributed by atoms with E-state index >= 15 is 0 Å². The Morgan fingerprint density at radius 2 is 2.00 bits per heavy atom. The molecule has 0 atom stereocenters. The first-order valence-corrected chi connectivity index (χ1v) is 6.11. The summed E-state index contributed by atoms with van der Waals surface area (Å²) in [6.07, 6.45) is 0. The van der Waals surface area contributed by atoms with Gasteiger partial charge in [-0.2, -0.15) is 0 Å². The molecular weight excluding hydrogens is 224 g/mol. The van der Waals surface area contributed by atoms with Crippen LogP contribution in [0.1, 0.15) is 12.5 Å². The molecule has 0 aliphatic rings. The standard InChI is InChI=1S/C15H18N2O/c1-11(17-10-9-16-2)13-8-7-12-5-3-4-6-14(12)15(13)18/h3-8,16,18H,9-10H2,1-2H3. The summed E-state index contributed by atoms with van der Waals surface area (Å²) in [5.74, 6) is 0.318. The van der Waals surface area contributed by atoms with Crippen molar-refractivity contribution >= 4 is 16.5 Å². The van der Waals surface area contributed by atoms with Crippen molar-refractivity contribution < 1.29 is 5.11 Å². The van der Waals surface area contributed by atoms with Crippen molar-refractivity contribution in [1.82, 2.24) is 5.32 Å². The highest BCUT2D eigenvalue weighted by Gasteiger charge is 2.07. The van der Waals surface area contributed by atoms with E-state index in [0.29, 0.717) is 12.3 Å². The average Bonchev–Trinajstić information content (AvgIpc) is 2.39. The summed E-state index contributed by atoms with van der Waals surface area (Å²) in [5, 5.41) is 15.2. The van der Waals surface area contributed by atoms with Gasteiger partial charge in [-0.1, -0.05) is 30.3 Å². The maximum absolute atomic E-state index is 10.3. The third-order valence-corrected chi connectivity index (χ3v) is 3.00. The van der Waals surface area contributed by atoms with Gasteiger partial charge in [0.05, 0.1) is 6.54 Å². The number of likely N-dealkylation sites (N-methyl/N-ethyl adjacent to an activating group) is 1. The van der Waals surface area contributed by atoms with E-state index in [1.807, 2.05) is 50.4 Å². The SMILES string of the molecule is CNCCN=C(C)c1ccc2ccccc2c1O. The Hall–Kier alpha value is -1.87. The Labute approximate surface area is 107 Å². The minimum Gasteiger partial charge on any atom is -0.507 e. The van der Waals surface area contributed by atoms with E-state index < -0.39 is 0 Å². The van der Waals surface area contributed by atoms with E-state index in [9.17, 15) is 5.11 Å². The van der Waals surface area contributed by atoms with Crippen LogP contribution in [0.3, 0.4) is 0 Å². The van der Waals surface area contributed by atoms with E-state index in [-0.39, 0.29) is 0 Å². The minimum absolute atomic E-state index is 0.318. The van der Waals surface area contributed by atoms with Crippen molar-refractivity contribution in [2.45, 2.75) is 6.92 Å². The van der Waals surface area contributed by atoms with Gasteiger partial charge in [-0.3, -0.25) is 4.99 Å². The first-order valence-electron chi connectivity index (χ1n) is 6.11. The van der Waals surface area contributed by atoms with E-state index in [2.05, 4.69) is 10.3 Å². The second-order valence-electron chi connectivity index (χ2n) is 4.25. The van der Waals surface area contributed by atoms with Crippen LogP contribution in [0.15, 0.2) is 41.4 Å². The third kappa shape index (κ3) is 2.51. The molecule has 3 heteroatoms. The molecule has 0 aliphatic carbocycles. The fourth-order valence-electron chi connectivity index (χ4n) is 1.97. The van der Waals surface area contributed by atoms with Crippen LogP contribution in [0.2, 0.25) is 0 Å². The second-order valence-corrected chi connectivity index (χ2v) is 4.25. The molecule has 3 nitrogen and oxygen atoms in total. The summed E-state index contributed by atoms with van der Waals surface area (Å²) in [5.41, 5.74) is 1.68. The highest BCUT2D eigenvalue weighted by Crippen LogP contribution is 2.28. The fraction of sp³-hybridized carbons (Fsp3) is 0.267. The van der Waals surface area contributed by atoms with Crippen LogP contribution in [0.5, 0.6) is 5.75 Å².